The molecular formula is C16H17N5O2S. The van der Waals surface area contributed by atoms with Crippen molar-refractivity contribution in [2.45, 2.75) is 26.8 Å². The molecule has 2 heterocycles. The number of aryl methyl sites for hydroxylation is 2. The van der Waals surface area contributed by atoms with Gasteiger partial charge in [-0.3, -0.25) is 14.5 Å². The first-order valence-corrected chi connectivity index (χ1v) is 7.89. The summed E-state index contributed by atoms with van der Waals surface area (Å²) in [6.07, 6.45) is 0.249. The second kappa shape index (κ2) is 6.79. The van der Waals surface area contributed by atoms with Crippen LogP contribution >= 0.6 is 12.2 Å². The van der Waals surface area contributed by atoms with Gasteiger partial charge in [-0.2, -0.15) is 5.10 Å². The minimum Gasteiger partial charge on any atom is -0.360 e. The molecule has 24 heavy (non-hydrogen) atoms. The standard InChI is InChI=1S/C16H17N5O2S/c1-10-4-3-5-12(8-10)15-18-19-16(24)21(15)7-6-14(22)17-13-9-11(2)23-20-13/h3-5,8-9H,6-7H2,1-2H3,(H,19,24)(H,17,20,22). The zero-order valence-electron chi connectivity index (χ0n) is 13.4. The van der Waals surface area contributed by atoms with Gasteiger partial charge >= 0.3 is 0 Å². The predicted octanol–water partition coefficient (Wildman–Crippen LogP) is 3.24. The minimum absolute atomic E-state index is 0.165. The Balaban J connectivity index is 1.72. The van der Waals surface area contributed by atoms with Gasteiger partial charge in [0.2, 0.25) is 5.91 Å². The van der Waals surface area contributed by atoms with Crippen LogP contribution in [0.1, 0.15) is 17.7 Å². The van der Waals surface area contributed by atoms with Crippen LogP contribution in [-0.4, -0.2) is 25.8 Å². The van der Waals surface area contributed by atoms with Crippen molar-refractivity contribution in [3.8, 4) is 11.4 Å². The average Bonchev–Trinajstić information content (AvgIpc) is 3.11. The average molecular weight is 343 g/mol. The molecule has 2 N–H and O–H groups in total. The normalized spacial score (nSPS) is 10.8. The molecule has 0 saturated heterocycles. The van der Waals surface area contributed by atoms with E-state index >= 15 is 0 Å². The van der Waals surface area contributed by atoms with Gasteiger partial charge in [0, 0.05) is 24.6 Å². The molecule has 0 atom stereocenters. The van der Waals surface area contributed by atoms with Crippen molar-refractivity contribution in [1.29, 1.82) is 0 Å². The van der Waals surface area contributed by atoms with E-state index in [0.717, 1.165) is 11.1 Å². The van der Waals surface area contributed by atoms with Gasteiger partial charge in [0.15, 0.2) is 16.4 Å². The molecule has 0 aliphatic carbocycles. The number of carbonyl (C=O) groups is 1. The lowest BCUT2D eigenvalue weighted by molar-refractivity contribution is -0.116. The number of aromatic amines is 1. The number of carbonyl (C=O) groups excluding carboxylic acids is 1. The lowest BCUT2D eigenvalue weighted by Gasteiger charge is -2.07. The number of aromatic nitrogens is 4. The zero-order valence-corrected chi connectivity index (χ0v) is 14.2. The number of nitrogens with zero attached hydrogens (tertiary/aromatic N) is 3. The zero-order chi connectivity index (χ0) is 17.1. The van der Waals surface area contributed by atoms with Crippen molar-refractivity contribution < 1.29 is 9.32 Å². The number of amides is 1. The molecule has 0 unspecified atom stereocenters. The highest BCUT2D eigenvalue weighted by molar-refractivity contribution is 7.71. The molecule has 8 heteroatoms. The van der Waals surface area contributed by atoms with Crippen molar-refractivity contribution in [2.24, 2.45) is 0 Å². The van der Waals surface area contributed by atoms with Crippen LogP contribution in [0.15, 0.2) is 34.9 Å². The third-order valence-corrected chi connectivity index (χ3v) is 3.80. The topological polar surface area (TPSA) is 88.7 Å². The van der Waals surface area contributed by atoms with E-state index < -0.39 is 0 Å². The second-order valence-electron chi connectivity index (χ2n) is 5.49. The third kappa shape index (κ3) is 3.60. The van der Waals surface area contributed by atoms with Crippen molar-refractivity contribution in [1.82, 2.24) is 19.9 Å². The molecule has 3 aromatic rings. The maximum Gasteiger partial charge on any atom is 0.227 e. The Morgan fingerprint density at radius 1 is 1.38 bits per heavy atom. The molecule has 0 aliphatic heterocycles. The lowest BCUT2D eigenvalue weighted by Crippen LogP contribution is -2.15. The van der Waals surface area contributed by atoms with Gasteiger partial charge in [-0.05, 0) is 32.1 Å². The van der Waals surface area contributed by atoms with Gasteiger partial charge in [-0.15, -0.1) is 0 Å². The van der Waals surface area contributed by atoms with Crippen molar-refractivity contribution in [3.05, 3.63) is 46.4 Å². The summed E-state index contributed by atoms with van der Waals surface area (Å²) in [6, 6.07) is 9.64. The van der Waals surface area contributed by atoms with E-state index in [1.54, 1.807) is 13.0 Å². The van der Waals surface area contributed by atoms with Crippen molar-refractivity contribution in [3.63, 3.8) is 0 Å². The Bertz CT molecular complexity index is 924. The fourth-order valence-corrected chi connectivity index (χ4v) is 2.60. The predicted molar refractivity (Wildman–Crippen MR) is 92.1 cm³/mol. The largest absolute Gasteiger partial charge is 0.360 e. The maximum atomic E-state index is 12.1. The Hall–Kier alpha value is -2.74. The first-order valence-electron chi connectivity index (χ1n) is 7.48. The van der Waals surface area contributed by atoms with Crippen LogP contribution in [-0.2, 0) is 11.3 Å². The van der Waals surface area contributed by atoms with E-state index in [0.29, 0.717) is 28.7 Å². The minimum atomic E-state index is -0.165. The smallest absolute Gasteiger partial charge is 0.227 e. The molecule has 124 valence electrons. The molecule has 0 saturated carbocycles. The number of rotatable bonds is 5. The molecule has 3 rings (SSSR count). The number of hydrogen-bond donors (Lipinski definition) is 2. The number of benzene rings is 1. The molecule has 7 nitrogen and oxygen atoms in total. The van der Waals surface area contributed by atoms with Crippen LogP contribution < -0.4 is 5.32 Å². The molecule has 1 amide bonds. The fourth-order valence-electron chi connectivity index (χ4n) is 2.37. The number of hydrogen-bond acceptors (Lipinski definition) is 5. The summed E-state index contributed by atoms with van der Waals surface area (Å²) in [4.78, 5) is 12.1. The molecule has 0 aliphatic rings. The van der Waals surface area contributed by atoms with E-state index in [1.807, 2.05) is 35.8 Å². The van der Waals surface area contributed by atoms with E-state index in [1.165, 1.54) is 0 Å². The summed E-state index contributed by atoms with van der Waals surface area (Å²) in [7, 11) is 0. The lowest BCUT2D eigenvalue weighted by atomic mass is 10.1. The van der Waals surface area contributed by atoms with E-state index in [2.05, 4.69) is 20.7 Å². The van der Waals surface area contributed by atoms with Crippen LogP contribution in [0.25, 0.3) is 11.4 Å². The summed E-state index contributed by atoms with van der Waals surface area (Å²) in [5, 5.41) is 13.5. The van der Waals surface area contributed by atoms with Gasteiger partial charge in [-0.1, -0.05) is 28.9 Å². The molecule has 0 radical (unpaired) electrons. The Kier molecular flexibility index (Phi) is 4.57. The SMILES string of the molecule is Cc1cccc(-c2n[nH]c(=S)n2CCC(=O)Nc2cc(C)on2)c1. The maximum absolute atomic E-state index is 12.1. The van der Waals surface area contributed by atoms with Crippen molar-refractivity contribution >= 4 is 23.9 Å². The van der Waals surface area contributed by atoms with Gasteiger partial charge in [0.05, 0.1) is 0 Å². The first-order chi connectivity index (χ1) is 11.5. The Labute approximate surface area is 143 Å². The molecule has 0 bridgehead atoms. The highest BCUT2D eigenvalue weighted by Gasteiger charge is 2.12. The summed E-state index contributed by atoms with van der Waals surface area (Å²) in [5.41, 5.74) is 2.09. The molecule has 2 aromatic heterocycles. The first kappa shape index (κ1) is 16.1. The monoisotopic (exact) mass is 343 g/mol. The highest BCUT2D eigenvalue weighted by Crippen LogP contribution is 2.19. The van der Waals surface area contributed by atoms with Gasteiger partial charge in [-0.25, -0.2) is 0 Å². The van der Waals surface area contributed by atoms with Gasteiger partial charge in [0.1, 0.15) is 5.76 Å². The van der Waals surface area contributed by atoms with Crippen LogP contribution in [0.3, 0.4) is 0 Å². The number of anilines is 1. The Morgan fingerprint density at radius 3 is 2.92 bits per heavy atom. The van der Waals surface area contributed by atoms with Crippen LogP contribution in [0.4, 0.5) is 5.82 Å². The highest BCUT2D eigenvalue weighted by atomic mass is 32.1. The molecular weight excluding hydrogens is 326 g/mol. The van der Waals surface area contributed by atoms with Crippen LogP contribution in [0, 0.1) is 18.6 Å². The van der Waals surface area contributed by atoms with Crippen LogP contribution in [0.5, 0.6) is 0 Å². The third-order valence-electron chi connectivity index (χ3n) is 3.49. The number of nitrogens with one attached hydrogen (secondary N) is 2. The summed E-state index contributed by atoms with van der Waals surface area (Å²) in [6.45, 7) is 4.20. The summed E-state index contributed by atoms with van der Waals surface area (Å²) in [5.74, 6) is 1.60. The van der Waals surface area contributed by atoms with E-state index in [4.69, 9.17) is 16.7 Å². The molecule has 1 aromatic carbocycles. The summed E-state index contributed by atoms with van der Waals surface area (Å²) >= 11 is 5.28. The molecule has 0 spiro atoms. The molecule has 0 fully saturated rings. The van der Waals surface area contributed by atoms with Crippen molar-refractivity contribution in [2.75, 3.05) is 5.32 Å². The van der Waals surface area contributed by atoms with E-state index in [-0.39, 0.29) is 12.3 Å². The number of H-pyrrole nitrogens is 1. The van der Waals surface area contributed by atoms with E-state index in [9.17, 15) is 4.79 Å². The fraction of sp³-hybridized carbons (Fsp3) is 0.250. The van der Waals surface area contributed by atoms with Crippen LogP contribution in [0.2, 0.25) is 0 Å². The second-order valence-corrected chi connectivity index (χ2v) is 5.88. The van der Waals surface area contributed by atoms with Gasteiger partial charge in [0.25, 0.3) is 0 Å². The summed E-state index contributed by atoms with van der Waals surface area (Å²) < 4.78 is 7.22. The Morgan fingerprint density at radius 2 is 2.21 bits per heavy atom. The quantitative estimate of drug-likeness (QED) is 0.694. The van der Waals surface area contributed by atoms with Gasteiger partial charge < -0.3 is 9.84 Å².